The SMILES string of the molecule is COc1ccc(C(=O)C2CCN(C(=O)c3ccc(C(=O)N[C@@H]4CCN(C(=O)OC(C)(C)C)CC4F)cn3)CC2)cc1. The van der Waals surface area contributed by atoms with Crippen LogP contribution in [0.2, 0.25) is 0 Å². The fraction of sp³-hybridized carbons (Fsp3) is 0.500. The van der Waals surface area contributed by atoms with Crippen molar-refractivity contribution in [3.8, 4) is 5.75 Å². The molecular weight excluding hydrogens is 531 g/mol. The highest BCUT2D eigenvalue weighted by atomic mass is 19.1. The number of hydrogen-bond donors (Lipinski definition) is 1. The van der Waals surface area contributed by atoms with Gasteiger partial charge in [0.25, 0.3) is 11.8 Å². The lowest BCUT2D eigenvalue weighted by Crippen LogP contribution is -2.54. The Morgan fingerprint density at radius 1 is 0.927 bits per heavy atom. The molecule has 1 aromatic heterocycles. The maximum absolute atomic E-state index is 14.8. The number of ketones is 1. The second-order valence-electron chi connectivity index (χ2n) is 11.4. The number of nitrogens with one attached hydrogen (secondary N) is 1. The van der Waals surface area contributed by atoms with Gasteiger partial charge in [-0.1, -0.05) is 0 Å². The largest absolute Gasteiger partial charge is 0.497 e. The zero-order chi connectivity index (χ0) is 29.7. The van der Waals surface area contributed by atoms with E-state index in [1.54, 1.807) is 57.0 Å². The van der Waals surface area contributed by atoms with Crippen LogP contribution in [-0.4, -0.2) is 89.6 Å². The van der Waals surface area contributed by atoms with Gasteiger partial charge in [-0.05, 0) is 76.4 Å². The van der Waals surface area contributed by atoms with Crippen LogP contribution in [0.3, 0.4) is 0 Å². The van der Waals surface area contributed by atoms with Crippen molar-refractivity contribution in [2.45, 2.75) is 57.8 Å². The molecule has 3 heterocycles. The number of carbonyl (C=O) groups is 4. The predicted octanol–water partition coefficient (Wildman–Crippen LogP) is 3.90. The van der Waals surface area contributed by atoms with Crippen LogP contribution >= 0.6 is 0 Å². The molecule has 2 saturated heterocycles. The van der Waals surface area contributed by atoms with Crippen molar-refractivity contribution < 1.29 is 33.0 Å². The maximum atomic E-state index is 14.8. The minimum atomic E-state index is -1.45. The first-order valence-corrected chi connectivity index (χ1v) is 13.8. The minimum Gasteiger partial charge on any atom is -0.497 e. The molecule has 2 aliphatic heterocycles. The summed E-state index contributed by atoms with van der Waals surface area (Å²) in [6, 6.07) is 9.22. The Morgan fingerprint density at radius 2 is 1.56 bits per heavy atom. The molecule has 3 amide bonds. The summed E-state index contributed by atoms with van der Waals surface area (Å²) in [5.74, 6) is -0.204. The molecule has 1 N–H and O–H groups in total. The lowest BCUT2D eigenvalue weighted by molar-refractivity contribution is 0.00970. The van der Waals surface area contributed by atoms with Crippen molar-refractivity contribution in [2.24, 2.45) is 5.92 Å². The lowest BCUT2D eigenvalue weighted by atomic mass is 9.88. The normalized spacial score (nSPS) is 19.8. The quantitative estimate of drug-likeness (QED) is 0.525. The van der Waals surface area contributed by atoms with E-state index < -0.39 is 29.8 Å². The van der Waals surface area contributed by atoms with Crippen molar-refractivity contribution in [3.63, 3.8) is 0 Å². The monoisotopic (exact) mass is 568 g/mol. The van der Waals surface area contributed by atoms with Crippen LogP contribution in [0.15, 0.2) is 42.6 Å². The van der Waals surface area contributed by atoms with Gasteiger partial charge in [-0.25, -0.2) is 9.18 Å². The van der Waals surface area contributed by atoms with E-state index in [9.17, 15) is 23.6 Å². The van der Waals surface area contributed by atoms with Gasteiger partial charge in [-0.2, -0.15) is 0 Å². The molecule has 0 saturated carbocycles. The number of amides is 3. The number of methoxy groups -OCH3 is 1. The predicted molar refractivity (Wildman–Crippen MR) is 149 cm³/mol. The van der Waals surface area contributed by atoms with E-state index in [0.29, 0.717) is 37.2 Å². The van der Waals surface area contributed by atoms with E-state index in [1.807, 2.05) is 0 Å². The molecule has 10 nitrogen and oxygen atoms in total. The van der Waals surface area contributed by atoms with Gasteiger partial charge in [0, 0.05) is 37.3 Å². The Hall–Kier alpha value is -4.02. The number of rotatable bonds is 6. The fourth-order valence-corrected chi connectivity index (χ4v) is 4.96. The topological polar surface area (TPSA) is 118 Å². The second-order valence-corrected chi connectivity index (χ2v) is 11.4. The zero-order valence-electron chi connectivity index (χ0n) is 23.9. The van der Waals surface area contributed by atoms with E-state index in [-0.39, 0.29) is 48.4 Å². The number of Topliss-reactive ketones (excluding diaryl/α,β-unsaturated/α-hetero) is 1. The zero-order valence-corrected chi connectivity index (χ0v) is 23.9. The molecule has 41 heavy (non-hydrogen) atoms. The number of piperidine rings is 2. The van der Waals surface area contributed by atoms with Gasteiger partial charge in [0.1, 0.15) is 23.2 Å². The van der Waals surface area contributed by atoms with Gasteiger partial charge in [0.15, 0.2) is 5.78 Å². The molecule has 2 fully saturated rings. The van der Waals surface area contributed by atoms with Crippen LogP contribution < -0.4 is 10.1 Å². The summed E-state index contributed by atoms with van der Waals surface area (Å²) in [5, 5.41) is 2.67. The number of pyridine rings is 1. The standard InChI is InChI=1S/C30H37FN4O6/c1-30(2,3)41-29(39)35-16-13-24(23(31)18-35)33-27(37)21-7-10-25(32-17-21)28(38)34-14-11-20(12-15-34)26(36)19-5-8-22(40-4)9-6-19/h5-10,17,20,23-24H,11-16,18H2,1-4H3,(H,33,37)/t23?,24-/m1/s1. The summed E-state index contributed by atoms with van der Waals surface area (Å²) in [5.41, 5.74) is 0.336. The molecule has 1 aromatic carbocycles. The summed E-state index contributed by atoms with van der Waals surface area (Å²) in [6.07, 6.45) is 0.609. The number of benzene rings is 1. The smallest absolute Gasteiger partial charge is 0.410 e. The van der Waals surface area contributed by atoms with E-state index in [4.69, 9.17) is 9.47 Å². The highest BCUT2D eigenvalue weighted by molar-refractivity contribution is 5.99. The number of nitrogens with zero attached hydrogens (tertiary/aromatic N) is 3. The number of carbonyl (C=O) groups excluding carboxylic acids is 4. The van der Waals surface area contributed by atoms with Crippen molar-refractivity contribution in [3.05, 3.63) is 59.4 Å². The van der Waals surface area contributed by atoms with E-state index in [1.165, 1.54) is 23.2 Å². The first-order chi connectivity index (χ1) is 19.4. The third-order valence-corrected chi connectivity index (χ3v) is 7.28. The fourth-order valence-electron chi connectivity index (χ4n) is 4.96. The molecule has 220 valence electrons. The van der Waals surface area contributed by atoms with Gasteiger partial charge in [0.2, 0.25) is 0 Å². The number of aromatic nitrogens is 1. The molecule has 1 unspecified atom stereocenters. The van der Waals surface area contributed by atoms with Crippen LogP contribution in [0.25, 0.3) is 0 Å². The molecule has 0 spiro atoms. The minimum absolute atomic E-state index is 0.0549. The molecule has 11 heteroatoms. The van der Waals surface area contributed by atoms with Crippen LogP contribution in [0, 0.1) is 5.92 Å². The molecule has 0 aliphatic carbocycles. The van der Waals surface area contributed by atoms with Crippen molar-refractivity contribution >= 4 is 23.7 Å². The highest BCUT2D eigenvalue weighted by Crippen LogP contribution is 2.24. The average Bonchev–Trinajstić information content (AvgIpc) is 2.96. The molecule has 0 radical (unpaired) electrons. The van der Waals surface area contributed by atoms with Gasteiger partial charge in [0.05, 0.1) is 25.3 Å². The van der Waals surface area contributed by atoms with Crippen molar-refractivity contribution in [1.82, 2.24) is 20.1 Å². The molecular formula is C30H37FN4O6. The number of halogens is 1. The highest BCUT2D eigenvalue weighted by Gasteiger charge is 2.35. The first-order valence-electron chi connectivity index (χ1n) is 13.8. The summed E-state index contributed by atoms with van der Waals surface area (Å²) < 4.78 is 25.2. The van der Waals surface area contributed by atoms with Crippen LogP contribution in [0.1, 0.15) is 71.2 Å². The molecule has 0 bridgehead atoms. The molecule has 2 aliphatic rings. The lowest BCUT2D eigenvalue weighted by Gasteiger charge is -2.35. The van der Waals surface area contributed by atoms with Crippen molar-refractivity contribution in [1.29, 1.82) is 0 Å². The molecule has 2 aromatic rings. The number of likely N-dealkylation sites (tertiary alicyclic amines) is 2. The summed E-state index contributed by atoms with van der Waals surface area (Å²) in [6.45, 7) is 6.17. The van der Waals surface area contributed by atoms with Gasteiger partial charge < -0.3 is 24.6 Å². The Balaban J connectivity index is 1.26. The van der Waals surface area contributed by atoms with E-state index in [0.717, 1.165) is 0 Å². The number of hydrogen-bond acceptors (Lipinski definition) is 7. The number of alkyl halides is 1. The van der Waals surface area contributed by atoms with Crippen LogP contribution in [0.4, 0.5) is 9.18 Å². The van der Waals surface area contributed by atoms with E-state index in [2.05, 4.69) is 10.3 Å². The third kappa shape index (κ3) is 7.59. The maximum Gasteiger partial charge on any atom is 0.410 e. The molecule has 4 rings (SSSR count). The Labute approximate surface area is 239 Å². The Bertz CT molecular complexity index is 1250. The van der Waals surface area contributed by atoms with Gasteiger partial charge >= 0.3 is 6.09 Å². The van der Waals surface area contributed by atoms with Gasteiger partial charge in [-0.15, -0.1) is 0 Å². The molecule has 2 atom stereocenters. The Morgan fingerprint density at radius 3 is 2.12 bits per heavy atom. The van der Waals surface area contributed by atoms with Gasteiger partial charge in [-0.3, -0.25) is 19.4 Å². The summed E-state index contributed by atoms with van der Waals surface area (Å²) in [4.78, 5) is 58.0. The first kappa shape index (κ1) is 30.0. The second kappa shape index (κ2) is 12.7. The van der Waals surface area contributed by atoms with Crippen LogP contribution in [0.5, 0.6) is 5.75 Å². The van der Waals surface area contributed by atoms with Crippen LogP contribution in [-0.2, 0) is 4.74 Å². The Kier molecular flexibility index (Phi) is 9.25. The van der Waals surface area contributed by atoms with Crippen molar-refractivity contribution in [2.75, 3.05) is 33.3 Å². The van der Waals surface area contributed by atoms with E-state index >= 15 is 0 Å². The number of ether oxygens (including phenoxy) is 2. The third-order valence-electron chi connectivity index (χ3n) is 7.28. The average molecular weight is 569 g/mol. The summed E-state index contributed by atoms with van der Waals surface area (Å²) >= 11 is 0. The summed E-state index contributed by atoms with van der Waals surface area (Å²) in [7, 11) is 1.57.